The zero-order valence-electron chi connectivity index (χ0n) is 11.8. The number of hydrogen-bond acceptors (Lipinski definition) is 7. The summed E-state index contributed by atoms with van der Waals surface area (Å²) in [5.41, 5.74) is 2.75. The van der Waals surface area contributed by atoms with Gasteiger partial charge < -0.3 is 9.84 Å². The minimum Gasteiger partial charge on any atom is -0.508 e. The van der Waals surface area contributed by atoms with Crippen molar-refractivity contribution in [3.05, 3.63) is 47.8 Å². The molecule has 0 amide bonds. The molecule has 0 fully saturated rings. The van der Waals surface area contributed by atoms with E-state index in [0.717, 1.165) is 17.3 Å². The van der Waals surface area contributed by atoms with E-state index in [1.165, 1.54) is 7.11 Å². The minimum atomic E-state index is -0.372. The van der Waals surface area contributed by atoms with Crippen molar-refractivity contribution in [1.29, 1.82) is 0 Å². The zero-order valence-corrected chi connectivity index (χ0v) is 12.6. The number of methoxy groups -OCH3 is 1. The number of phenolic OH excluding ortho intramolecular Hbond substituents is 1. The molecule has 7 heteroatoms. The van der Waals surface area contributed by atoms with Crippen LogP contribution in [0.4, 0.5) is 0 Å². The molecule has 112 valence electrons. The Morgan fingerprint density at radius 1 is 1.27 bits per heavy atom. The Kier molecular flexibility index (Phi) is 3.97. The van der Waals surface area contributed by atoms with Gasteiger partial charge in [0, 0.05) is 23.9 Å². The standard InChI is InChI=1S/C15H13N3O3S/c1-21-13(20)8-10(9-4-6-16-7-5-9)14-12(19)3-2-11-15(14)18-22-17-11/h2-7,10,19H,8H2,1H3/t10-/m1/s1. The van der Waals surface area contributed by atoms with Gasteiger partial charge in [-0.2, -0.15) is 8.75 Å². The van der Waals surface area contributed by atoms with Crippen molar-refractivity contribution in [3.8, 4) is 5.75 Å². The van der Waals surface area contributed by atoms with E-state index in [9.17, 15) is 9.90 Å². The number of fused-ring (bicyclic) bond motifs is 1. The molecule has 22 heavy (non-hydrogen) atoms. The Morgan fingerprint density at radius 3 is 2.77 bits per heavy atom. The van der Waals surface area contributed by atoms with Crippen molar-refractivity contribution < 1.29 is 14.6 Å². The molecular weight excluding hydrogens is 302 g/mol. The van der Waals surface area contributed by atoms with Crippen LogP contribution >= 0.6 is 11.7 Å². The SMILES string of the molecule is COC(=O)C[C@H](c1ccncc1)c1c(O)ccc2nsnc12. The number of aromatic nitrogens is 3. The third-order valence-electron chi connectivity index (χ3n) is 3.50. The smallest absolute Gasteiger partial charge is 0.306 e. The number of benzene rings is 1. The number of ether oxygens (including phenoxy) is 1. The topological polar surface area (TPSA) is 85.2 Å². The van der Waals surface area contributed by atoms with Crippen LogP contribution < -0.4 is 0 Å². The lowest BCUT2D eigenvalue weighted by Gasteiger charge is -2.18. The van der Waals surface area contributed by atoms with Crippen LogP contribution in [0.5, 0.6) is 5.75 Å². The van der Waals surface area contributed by atoms with E-state index in [0.29, 0.717) is 16.6 Å². The average Bonchev–Trinajstić information content (AvgIpc) is 3.02. The van der Waals surface area contributed by atoms with Gasteiger partial charge in [0.25, 0.3) is 0 Å². The van der Waals surface area contributed by atoms with Crippen LogP contribution in [0.2, 0.25) is 0 Å². The highest BCUT2D eigenvalue weighted by Crippen LogP contribution is 2.38. The molecule has 1 aromatic carbocycles. The first-order chi connectivity index (χ1) is 10.7. The molecule has 6 nitrogen and oxygen atoms in total. The summed E-state index contributed by atoms with van der Waals surface area (Å²) in [6.07, 6.45) is 3.40. The molecule has 3 aromatic rings. The van der Waals surface area contributed by atoms with Gasteiger partial charge in [-0.05, 0) is 29.8 Å². The van der Waals surface area contributed by atoms with E-state index in [4.69, 9.17) is 4.74 Å². The maximum Gasteiger partial charge on any atom is 0.306 e. The van der Waals surface area contributed by atoms with Crippen LogP contribution in [0, 0.1) is 0 Å². The summed E-state index contributed by atoms with van der Waals surface area (Å²) in [4.78, 5) is 15.8. The Labute approximate surface area is 130 Å². The van der Waals surface area contributed by atoms with Crippen LogP contribution in [-0.2, 0) is 9.53 Å². The van der Waals surface area contributed by atoms with Gasteiger partial charge in [0.2, 0.25) is 0 Å². The van der Waals surface area contributed by atoms with Gasteiger partial charge in [-0.15, -0.1) is 0 Å². The normalized spacial score (nSPS) is 12.2. The lowest BCUT2D eigenvalue weighted by atomic mass is 9.87. The monoisotopic (exact) mass is 315 g/mol. The fraction of sp³-hybridized carbons (Fsp3) is 0.200. The van der Waals surface area contributed by atoms with Crippen LogP contribution in [0.1, 0.15) is 23.5 Å². The van der Waals surface area contributed by atoms with Crippen molar-refractivity contribution in [1.82, 2.24) is 13.7 Å². The van der Waals surface area contributed by atoms with E-state index in [1.54, 1.807) is 24.5 Å². The maximum atomic E-state index is 11.8. The van der Waals surface area contributed by atoms with E-state index in [1.807, 2.05) is 12.1 Å². The van der Waals surface area contributed by atoms with Gasteiger partial charge in [-0.1, -0.05) is 0 Å². The largest absolute Gasteiger partial charge is 0.508 e. The van der Waals surface area contributed by atoms with Crippen LogP contribution in [0.15, 0.2) is 36.7 Å². The van der Waals surface area contributed by atoms with Gasteiger partial charge in [-0.25, -0.2) is 0 Å². The average molecular weight is 315 g/mol. The number of aromatic hydroxyl groups is 1. The molecule has 2 heterocycles. The Hall–Kier alpha value is -2.54. The van der Waals surface area contributed by atoms with Crippen molar-refractivity contribution >= 4 is 28.7 Å². The third-order valence-corrected chi connectivity index (χ3v) is 4.04. The number of rotatable bonds is 4. The van der Waals surface area contributed by atoms with Crippen LogP contribution in [0.25, 0.3) is 11.0 Å². The van der Waals surface area contributed by atoms with Gasteiger partial charge in [-0.3, -0.25) is 9.78 Å². The molecule has 0 saturated carbocycles. The van der Waals surface area contributed by atoms with Crippen LogP contribution in [0.3, 0.4) is 0 Å². The molecular formula is C15H13N3O3S. The number of carbonyl (C=O) groups is 1. The molecule has 0 spiro atoms. The first-order valence-electron chi connectivity index (χ1n) is 6.61. The molecule has 0 aliphatic heterocycles. The predicted molar refractivity (Wildman–Crippen MR) is 81.8 cm³/mol. The molecule has 3 rings (SSSR count). The van der Waals surface area contributed by atoms with Gasteiger partial charge in [0.15, 0.2) is 0 Å². The molecule has 0 radical (unpaired) electrons. The second-order valence-corrected chi connectivity index (χ2v) is 5.27. The number of pyridine rings is 1. The first-order valence-corrected chi connectivity index (χ1v) is 7.34. The Morgan fingerprint density at radius 2 is 2.05 bits per heavy atom. The quantitative estimate of drug-likeness (QED) is 0.745. The first kappa shape index (κ1) is 14.4. The highest BCUT2D eigenvalue weighted by molar-refractivity contribution is 7.00. The van der Waals surface area contributed by atoms with Crippen molar-refractivity contribution in [2.45, 2.75) is 12.3 Å². The molecule has 0 unspecified atom stereocenters. The Balaban J connectivity index is 2.17. The van der Waals surface area contributed by atoms with E-state index < -0.39 is 0 Å². The maximum absolute atomic E-state index is 11.8. The summed E-state index contributed by atoms with van der Waals surface area (Å²) in [5.74, 6) is -0.643. The summed E-state index contributed by atoms with van der Waals surface area (Å²) in [6.45, 7) is 0. The fourth-order valence-electron chi connectivity index (χ4n) is 2.44. The van der Waals surface area contributed by atoms with E-state index in [-0.39, 0.29) is 24.1 Å². The lowest BCUT2D eigenvalue weighted by Crippen LogP contribution is -2.11. The number of nitrogens with zero attached hydrogens (tertiary/aromatic N) is 3. The number of phenols is 1. The molecule has 0 aliphatic rings. The molecule has 1 N–H and O–H groups in total. The highest BCUT2D eigenvalue weighted by atomic mass is 32.1. The molecule has 2 aromatic heterocycles. The van der Waals surface area contributed by atoms with Gasteiger partial charge >= 0.3 is 5.97 Å². The fourth-order valence-corrected chi connectivity index (χ4v) is 2.99. The second-order valence-electron chi connectivity index (χ2n) is 4.74. The van der Waals surface area contributed by atoms with Gasteiger partial charge in [0.1, 0.15) is 16.8 Å². The van der Waals surface area contributed by atoms with Crippen molar-refractivity contribution in [3.63, 3.8) is 0 Å². The summed E-state index contributed by atoms with van der Waals surface area (Å²) < 4.78 is 13.2. The van der Waals surface area contributed by atoms with E-state index in [2.05, 4.69) is 13.7 Å². The number of hydrogen-bond donors (Lipinski definition) is 1. The highest BCUT2D eigenvalue weighted by Gasteiger charge is 2.25. The molecule has 1 atom stereocenters. The van der Waals surface area contributed by atoms with Crippen molar-refractivity contribution in [2.75, 3.05) is 7.11 Å². The molecule has 0 bridgehead atoms. The van der Waals surface area contributed by atoms with Crippen molar-refractivity contribution in [2.24, 2.45) is 0 Å². The molecule has 0 aliphatic carbocycles. The third kappa shape index (κ3) is 2.62. The predicted octanol–water partition coefficient (Wildman–Crippen LogP) is 2.49. The number of carbonyl (C=O) groups excluding carboxylic acids is 1. The molecule has 0 saturated heterocycles. The zero-order chi connectivity index (χ0) is 15.5. The Bertz CT molecular complexity index is 804. The number of esters is 1. The van der Waals surface area contributed by atoms with Gasteiger partial charge in [0.05, 0.1) is 25.3 Å². The summed E-state index contributed by atoms with van der Waals surface area (Å²) in [7, 11) is 1.34. The van der Waals surface area contributed by atoms with E-state index >= 15 is 0 Å². The van der Waals surface area contributed by atoms with Crippen LogP contribution in [-0.4, -0.2) is 31.9 Å². The minimum absolute atomic E-state index is 0.0888. The summed E-state index contributed by atoms with van der Waals surface area (Å²) >= 11 is 1.07. The summed E-state index contributed by atoms with van der Waals surface area (Å²) in [6, 6.07) is 6.90. The second kappa shape index (κ2) is 6.07. The summed E-state index contributed by atoms with van der Waals surface area (Å²) in [5, 5.41) is 10.3. The lowest BCUT2D eigenvalue weighted by molar-refractivity contribution is -0.140.